The summed E-state index contributed by atoms with van der Waals surface area (Å²) in [4.78, 5) is 6.59. The number of anilines is 1. The maximum atomic E-state index is 8.98. The van der Waals surface area contributed by atoms with E-state index < -0.39 is 0 Å². The Morgan fingerprint density at radius 3 is 2.83 bits per heavy atom. The lowest BCUT2D eigenvalue weighted by atomic mass is 9.45. The van der Waals surface area contributed by atoms with Gasteiger partial charge in [-0.15, -0.1) is 0 Å². The van der Waals surface area contributed by atoms with E-state index in [1.807, 2.05) is 36.9 Å². The summed E-state index contributed by atoms with van der Waals surface area (Å²) in [7, 11) is 1.93. The Bertz CT molecular complexity index is 932. The van der Waals surface area contributed by atoms with Gasteiger partial charge in [-0.1, -0.05) is 17.3 Å². The summed E-state index contributed by atoms with van der Waals surface area (Å²) in [5.41, 5.74) is 2.96. The second-order valence-electron chi connectivity index (χ2n) is 6.23. The number of benzene rings is 1. The number of aryl methyl sites for hydroxylation is 2. The zero-order chi connectivity index (χ0) is 16.7. The van der Waals surface area contributed by atoms with E-state index in [0.717, 1.165) is 47.9 Å². The number of rotatable bonds is 2. The normalized spacial score (nSPS) is 15.0. The van der Waals surface area contributed by atoms with Crippen molar-refractivity contribution in [2.75, 3.05) is 18.0 Å². The molecule has 3 heterocycles. The molecular formula is C16H17BN6O. The third-order valence-electron chi connectivity index (χ3n) is 4.66. The van der Waals surface area contributed by atoms with E-state index in [-0.39, 0.29) is 6.71 Å². The molecule has 7 nitrogen and oxygen atoms in total. The molecule has 0 amide bonds. The molecule has 0 unspecified atom stereocenters. The molecule has 120 valence electrons. The fraction of sp³-hybridized carbons (Fsp3) is 0.375. The first kappa shape index (κ1) is 14.8. The monoisotopic (exact) mass is 320 g/mol. The first-order valence-corrected chi connectivity index (χ1v) is 8.07. The van der Waals surface area contributed by atoms with Crippen LogP contribution in [0.1, 0.15) is 5.69 Å². The molecule has 0 N–H and O–H groups in total. The average molecular weight is 320 g/mol. The topological polar surface area (TPSA) is 83.8 Å². The van der Waals surface area contributed by atoms with E-state index in [4.69, 9.17) is 9.78 Å². The highest BCUT2D eigenvalue weighted by Gasteiger charge is 2.25. The van der Waals surface area contributed by atoms with Crippen molar-refractivity contribution in [1.29, 1.82) is 5.26 Å². The number of hydrogen-bond acceptors (Lipinski definition) is 6. The molecular weight excluding hydrogens is 303 g/mol. The van der Waals surface area contributed by atoms with Crippen molar-refractivity contribution in [1.82, 2.24) is 19.9 Å². The molecule has 0 saturated carbocycles. The number of nitriles is 1. The molecule has 0 atom stereocenters. The van der Waals surface area contributed by atoms with Crippen molar-refractivity contribution >= 4 is 23.6 Å². The van der Waals surface area contributed by atoms with Crippen LogP contribution >= 0.6 is 0 Å². The van der Waals surface area contributed by atoms with Crippen LogP contribution in [-0.4, -0.2) is 39.7 Å². The SMILES string of the molecule is Cc1nn(C)c2cc(-c3noc(N4CCB(C#N)CC4)n3)ccc12. The Hall–Kier alpha value is -2.82. The molecule has 0 spiro atoms. The molecule has 2 aromatic heterocycles. The highest BCUT2D eigenvalue weighted by atomic mass is 16.5. The molecule has 4 rings (SSSR count). The van der Waals surface area contributed by atoms with E-state index in [1.54, 1.807) is 0 Å². The molecule has 1 aliphatic heterocycles. The third-order valence-corrected chi connectivity index (χ3v) is 4.66. The predicted octanol–water partition coefficient (Wildman–Crippen LogP) is 2.31. The molecule has 0 radical (unpaired) electrons. The van der Waals surface area contributed by atoms with Crippen molar-refractivity contribution in [2.45, 2.75) is 19.6 Å². The Morgan fingerprint density at radius 2 is 2.08 bits per heavy atom. The largest absolute Gasteiger partial charge is 0.326 e. The lowest BCUT2D eigenvalue weighted by Crippen LogP contribution is -2.36. The fourth-order valence-corrected chi connectivity index (χ4v) is 3.24. The summed E-state index contributed by atoms with van der Waals surface area (Å²) in [5, 5.41) is 18.7. The van der Waals surface area contributed by atoms with Crippen molar-refractivity contribution < 1.29 is 4.52 Å². The summed E-state index contributed by atoms with van der Waals surface area (Å²) in [6.07, 6.45) is 1.68. The minimum atomic E-state index is 0.138. The van der Waals surface area contributed by atoms with Crippen LogP contribution in [0.2, 0.25) is 12.6 Å². The maximum Gasteiger partial charge on any atom is 0.324 e. The second kappa shape index (κ2) is 5.67. The standard InChI is InChI=1S/C16H17BN6O/c1-11-13-4-3-12(9-14(13)22(2)20-11)15-19-16(24-21-15)23-7-5-17(10-18)6-8-23/h3-4,9H,5-8H2,1-2H3. The van der Waals surface area contributed by atoms with Gasteiger partial charge in [-0.25, -0.2) is 5.26 Å². The summed E-state index contributed by atoms with van der Waals surface area (Å²) < 4.78 is 7.30. The highest BCUT2D eigenvalue weighted by Crippen LogP contribution is 2.26. The number of fused-ring (bicyclic) bond motifs is 1. The molecule has 1 aliphatic rings. The van der Waals surface area contributed by atoms with Gasteiger partial charge in [0, 0.05) is 37.1 Å². The van der Waals surface area contributed by atoms with E-state index in [1.165, 1.54) is 0 Å². The average Bonchev–Trinajstić information content (AvgIpc) is 3.21. The van der Waals surface area contributed by atoms with Gasteiger partial charge < -0.3 is 9.42 Å². The molecule has 1 fully saturated rings. The molecule has 8 heteroatoms. The van der Waals surface area contributed by atoms with E-state index in [0.29, 0.717) is 11.8 Å². The van der Waals surface area contributed by atoms with Crippen molar-refractivity contribution in [3.05, 3.63) is 23.9 Å². The van der Waals surface area contributed by atoms with Gasteiger partial charge >= 0.3 is 6.01 Å². The van der Waals surface area contributed by atoms with Crippen LogP contribution in [-0.2, 0) is 7.05 Å². The van der Waals surface area contributed by atoms with Gasteiger partial charge in [-0.3, -0.25) is 4.68 Å². The van der Waals surface area contributed by atoms with Gasteiger partial charge in [0.25, 0.3) is 6.71 Å². The van der Waals surface area contributed by atoms with Crippen LogP contribution in [0.25, 0.3) is 22.3 Å². The zero-order valence-electron chi connectivity index (χ0n) is 13.7. The highest BCUT2D eigenvalue weighted by molar-refractivity contribution is 6.67. The number of aromatic nitrogens is 4. The van der Waals surface area contributed by atoms with Crippen LogP contribution < -0.4 is 4.90 Å². The Balaban J connectivity index is 1.61. The Morgan fingerprint density at radius 1 is 1.29 bits per heavy atom. The minimum absolute atomic E-state index is 0.138. The first-order valence-electron chi connectivity index (χ1n) is 8.07. The summed E-state index contributed by atoms with van der Waals surface area (Å²) in [6, 6.07) is 6.60. The summed E-state index contributed by atoms with van der Waals surface area (Å²) in [6.45, 7) is 3.69. The van der Waals surface area contributed by atoms with Gasteiger partial charge in [0.2, 0.25) is 5.82 Å². The minimum Gasteiger partial charge on any atom is -0.326 e. The van der Waals surface area contributed by atoms with Crippen LogP contribution in [0.15, 0.2) is 22.7 Å². The van der Waals surface area contributed by atoms with Gasteiger partial charge in [-0.05, 0) is 25.6 Å². The van der Waals surface area contributed by atoms with Gasteiger partial charge in [-0.2, -0.15) is 10.1 Å². The van der Waals surface area contributed by atoms with Gasteiger partial charge in [0.15, 0.2) is 0 Å². The summed E-state index contributed by atoms with van der Waals surface area (Å²) >= 11 is 0. The smallest absolute Gasteiger partial charge is 0.324 e. The van der Waals surface area contributed by atoms with Crippen molar-refractivity contribution in [2.24, 2.45) is 7.05 Å². The predicted molar refractivity (Wildman–Crippen MR) is 91.9 cm³/mol. The van der Waals surface area contributed by atoms with E-state index in [9.17, 15) is 0 Å². The quantitative estimate of drug-likeness (QED) is 0.674. The fourth-order valence-electron chi connectivity index (χ4n) is 3.24. The molecule has 0 bridgehead atoms. The molecule has 1 aromatic carbocycles. The van der Waals surface area contributed by atoms with Crippen LogP contribution in [0.4, 0.5) is 6.01 Å². The van der Waals surface area contributed by atoms with Gasteiger partial charge in [0.1, 0.15) is 0 Å². The molecule has 0 aliphatic carbocycles. The molecule has 3 aromatic rings. The van der Waals surface area contributed by atoms with Crippen LogP contribution in [0, 0.1) is 18.2 Å². The van der Waals surface area contributed by atoms with Gasteiger partial charge in [0.05, 0.1) is 11.2 Å². The van der Waals surface area contributed by atoms with Crippen LogP contribution in [0.3, 0.4) is 0 Å². The number of hydrogen-bond donors (Lipinski definition) is 0. The molecule has 1 saturated heterocycles. The van der Waals surface area contributed by atoms with Crippen molar-refractivity contribution in [3.63, 3.8) is 0 Å². The maximum absolute atomic E-state index is 8.98. The lowest BCUT2D eigenvalue weighted by Gasteiger charge is -2.25. The van der Waals surface area contributed by atoms with E-state index >= 15 is 0 Å². The lowest BCUT2D eigenvalue weighted by molar-refractivity contribution is 0.415. The third kappa shape index (κ3) is 2.42. The Labute approximate surface area is 139 Å². The van der Waals surface area contributed by atoms with E-state index in [2.05, 4.69) is 26.1 Å². The molecule has 24 heavy (non-hydrogen) atoms. The van der Waals surface area contributed by atoms with Crippen LogP contribution in [0.5, 0.6) is 0 Å². The Kier molecular flexibility index (Phi) is 3.49. The first-order chi connectivity index (χ1) is 11.7. The number of nitrogens with zero attached hydrogens (tertiary/aromatic N) is 6. The second-order valence-corrected chi connectivity index (χ2v) is 6.23. The summed E-state index contributed by atoms with van der Waals surface area (Å²) in [5.74, 6) is 2.91. The zero-order valence-corrected chi connectivity index (χ0v) is 13.7. The van der Waals surface area contributed by atoms with Crippen molar-refractivity contribution in [3.8, 4) is 17.4 Å².